The normalized spacial score (nSPS) is 12.4. The maximum Gasteiger partial charge on any atom is 0.349 e. The molecule has 0 aliphatic rings. The molecule has 0 bridgehead atoms. The van der Waals surface area contributed by atoms with E-state index in [0.29, 0.717) is 11.4 Å². The van der Waals surface area contributed by atoms with Crippen molar-refractivity contribution in [3.8, 4) is 0 Å². The molecule has 1 N–H and O–H groups in total. The van der Waals surface area contributed by atoms with Gasteiger partial charge >= 0.3 is 5.97 Å². The Morgan fingerprint density at radius 2 is 2.00 bits per heavy atom. The van der Waals surface area contributed by atoms with Crippen LogP contribution in [-0.4, -0.2) is 24.5 Å². The first-order valence-corrected chi connectivity index (χ1v) is 9.13. The zero-order chi connectivity index (χ0) is 16.4. The maximum absolute atomic E-state index is 12.2. The Kier molecular flexibility index (Phi) is 4.63. The molecular formula is C17H17NO3S2. The number of amides is 1. The van der Waals surface area contributed by atoms with E-state index in [4.69, 9.17) is 4.74 Å². The SMILES string of the molecule is CCCNC(=O)[C@H](C)OC(=O)c1cc2sc3ccccc3c2s1. The fraction of sp³-hybridized carbons (Fsp3) is 0.294. The molecule has 3 aromatic rings. The largest absolute Gasteiger partial charge is 0.448 e. The summed E-state index contributed by atoms with van der Waals surface area (Å²) in [5.41, 5.74) is 0. The van der Waals surface area contributed by atoms with Gasteiger partial charge in [-0.3, -0.25) is 4.79 Å². The van der Waals surface area contributed by atoms with Crippen LogP contribution < -0.4 is 5.32 Å². The minimum Gasteiger partial charge on any atom is -0.448 e. The highest BCUT2D eigenvalue weighted by Crippen LogP contribution is 2.39. The second kappa shape index (κ2) is 6.68. The van der Waals surface area contributed by atoms with Crippen LogP contribution in [0.3, 0.4) is 0 Å². The first-order valence-electron chi connectivity index (χ1n) is 7.50. The lowest BCUT2D eigenvalue weighted by molar-refractivity contribution is -0.129. The van der Waals surface area contributed by atoms with Crippen molar-refractivity contribution in [2.24, 2.45) is 0 Å². The molecule has 1 atom stereocenters. The molecule has 2 aromatic heterocycles. The van der Waals surface area contributed by atoms with Gasteiger partial charge in [-0.25, -0.2) is 4.79 Å². The standard InChI is InChI=1S/C17H17NO3S2/c1-3-8-18-16(19)10(2)21-17(20)14-9-13-15(23-14)11-6-4-5-7-12(11)22-13/h4-7,9-10H,3,8H2,1-2H3,(H,18,19)/t10-/m0/s1. The van der Waals surface area contributed by atoms with Crippen LogP contribution >= 0.6 is 22.7 Å². The molecule has 3 rings (SSSR count). The minimum absolute atomic E-state index is 0.260. The molecule has 0 aliphatic carbocycles. The molecular weight excluding hydrogens is 330 g/mol. The smallest absolute Gasteiger partial charge is 0.349 e. The number of benzene rings is 1. The number of rotatable bonds is 5. The van der Waals surface area contributed by atoms with Crippen LogP contribution in [0.2, 0.25) is 0 Å². The van der Waals surface area contributed by atoms with E-state index < -0.39 is 12.1 Å². The number of thiophene rings is 2. The predicted molar refractivity (Wildman–Crippen MR) is 95.4 cm³/mol. The number of ether oxygens (including phenoxy) is 1. The summed E-state index contributed by atoms with van der Waals surface area (Å²) in [6, 6.07) is 9.98. The van der Waals surface area contributed by atoms with Crippen molar-refractivity contribution in [3.05, 3.63) is 35.2 Å². The Morgan fingerprint density at radius 3 is 2.78 bits per heavy atom. The third kappa shape index (κ3) is 3.23. The van der Waals surface area contributed by atoms with Gasteiger partial charge < -0.3 is 10.1 Å². The van der Waals surface area contributed by atoms with E-state index >= 15 is 0 Å². The number of esters is 1. The highest BCUT2D eigenvalue weighted by Gasteiger charge is 2.21. The molecule has 6 heteroatoms. The molecule has 4 nitrogen and oxygen atoms in total. The summed E-state index contributed by atoms with van der Waals surface area (Å²) >= 11 is 3.08. The number of fused-ring (bicyclic) bond motifs is 3. The van der Waals surface area contributed by atoms with Crippen molar-refractivity contribution in [2.75, 3.05) is 6.54 Å². The van der Waals surface area contributed by atoms with Gasteiger partial charge in [-0.15, -0.1) is 22.7 Å². The fourth-order valence-electron chi connectivity index (χ4n) is 2.26. The number of carbonyl (C=O) groups is 2. The van der Waals surface area contributed by atoms with Gasteiger partial charge in [0.2, 0.25) is 0 Å². The molecule has 0 radical (unpaired) electrons. The van der Waals surface area contributed by atoms with Crippen molar-refractivity contribution in [1.29, 1.82) is 0 Å². The lowest BCUT2D eigenvalue weighted by Gasteiger charge is -2.12. The average molecular weight is 347 g/mol. The highest BCUT2D eigenvalue weighted by atomic mass is 32.1. The van der Waals surface area contributed by atoms with Crippen molar-refractivity contribution < 1.29 is 14.3 Å². The zero-order valence-corrected chi connectivity index (χ0v) is 14.6. The second-order valence-corrected chi connectivity index (χ2v) is 7.38. The van der Waals surface area contributed by atoms with Crippen molar-refractivity contribution in [3.63, 3.8) is 0 Å². The van der Waals surface area contributed by atoms with Gasteiger partial charge in [-0.1, -0.05) is 25.1 Å². The molecule has 1 aromatic carbocycles. The van der Waals surface area contributed by atoms with E-state index in [-0.39, 0.29) is 5.91 Å². The monoisotopic (exact) mass is 347 g/mol. The molecule has 2 heterocycles. The van der Waals surface area contributed by atoms with Gasteiger partial charge in [-0.05, 0) is 25.5 Å². The summed E-state index contributed by atoms with van der Waals surface area (Å²) in [4.78, 5) is 24.6. The van der Waals surface area contributed by atoms with E-state index in [2.05, 4.69) is 17.4 Å². The van der Waals surface area contributed by atoms with Crippen LogP contribution in [0, 0.1) is 0 Å². The van der Waals surface area contributed by atoms with Crippen molar-refractivity contribution >= 4 is 54.0 Å². The number of carbonyl (C=O) groups excluding carboxylic acids is 2. The molecule has 120 valence electrons. The van der Waals surface area contributed by atoms with E-state index in [1.165, 1.54) is 16.0 Å². The molecule has 0 spiro atoms. The van der Waals surface area contributed by atoms with Gasteiger partial charge in [0, 0.05) is 21.3 Å². The van der Waals surface area contributed by atoms with E-state index in [9.17, 15) is 9.59 Å². The number of nitrogens with one attached hydrogen (secondary N) is 1. The molecule has 0 saturated carbocycles. The van der Waals surface area contributed by atoms with Crippen LogP contribution in [-0.2, 0) is 9.53 Å². The van der Waals surface area contributed by atoms with Crippen LogP contribution in [0.4, 0.5) is 0 Å². The van der Waals surface area contributed by atoms with Gasteiger partial charge in [0.1, 0.15) is 4.88 Å². The minimum atomic E-state index is -0.786. The quantitative estimate of drug-likeness (QED) is 0.704. The van der Waals surface area contributed by atoms with Gasteiger partial charge in [0.25, 0.3) is 5.91 Å². The fourth-order valence-corrected chi connectivity index (χ4v) is 4.67. The summed E-state index contributed by atoms with van der Waals surface area (Å²) in [5, 5.41) is 3.88. The lowest BCUT2D eigenvalue weighted by Crippen LogP contribution is -2.36. The Morgan fingerprint density at radius 1 is 1.22 bits per heavy atom. The highest BCUT2D eigenvalue weighted by molar-refractivity contribution is 7.33. The summed E-state index contributed by atoms with van der Waals surface area (Å²) < 4.78 is 8.65. The Bertz CT molecular complexity index is 865. The Labute approximate surface area is 142 Å². The van der Waals surface area contributed by atoms with Crippen molar-refractivity contribution in [1.82, 2.24) is 5.32 Å². The van der Waals surface area contributed by atoms with Gasteiger partial charge in [-0.2, -0.15) is 0 Å². The second-order valence-electron chi connectivity index (χ2n) is 5.24. The Balaban J connectivity index is 1.77. The third-order valence-electron chi connectivity index (χ3n) is 3.45. The van der Waals surface area contributed by atoms with Crippen molar-refractivity contribution in [2.45, 2.75) is 26.4 Å². The third-order valence-corrected chi connectivity index (χ3v) is 5.85. The first kappa shape index (κ1) is 16.0. The number of hydrogen-bond donors (Lipinski definition) is 1. The van der Waals surface area contributed by atoms with Gasteiger partial charge in [0.05, 0.1) is 4.70 Å². The summed E-state index contributed by atoms with van der Waals surface area (Å²) in [6.07, 6.45) is 0.0617. The molecule has 1 amide bonds. The lowest BCUT2D eigenvalue weighted by atomic mass is 10.2. The summed E-state index contributed by atoms with van der Waals surface area (Å²) in [7, 11) is 0. The maximum atomic E-state index is 12.2. The number of hydrogen-bond acceptors (Lipinski definition) is 5. The molecule has 23 heavy (non-hydrogen) atoms. The van der Waals surface area contributed by atoms with E-state index in [1.807, 2.05) is 25.1 Å². The molecule has 0 aliphatic heterocycles. The predicted octanol–water partition coefficient (Wildman–Crippen LogP) is 4.19. The first-order chi connectivity index (χ1) is 11.1. The topological polar surface area (TPSA) is 55.4 Å². The Hall–Kier alpha value is -1.92. The van der Waals surface area contributed by atoms with Crippen LogP contribution in [0.1, 0.15) is 29.9 Å². The van der Waals surface area contributed by atoms with E-state index in [0.717, 1.165) is 21.2 Å². The molecule has 0 saturated heterocycles. The van der Waals surface area contributed by atoms with Crippen LogP contribution in [0.5, 0.6) is 0 Å². The average Bonchev–Trinajstić information content (AvgIpc) is 3.10. The van der Waals surface area contributed by atoms with Gasteiger partial charge in [0.15, 0.2) is 6.10 Å². The summed E-state index contributed by atoms with van der Waals surface area (Å²) in [5.74, 6) is -0.703. The zero-order valence-electron chi connectivity index (χ0n) is 12.9. The van der Waals surface area contributed by atoms with Crippen LogP contribution in [0.15, 0.2) is 30.3 Å². The molecule has 0 unspecified atom stereocenters. The van der Waals surface area contributed by atoms with E-state index in [1.54, 1.807) is 18.3 Å². The molecule has 0 fully saturated rings. The summed E-state index contributed by atoms with van der Waals surface area (Å²) in [6.45, 7) is 4.15. The van der Waals surface area contributed by atoms with Crippen LogP contribution in [0.25, 0.3) is 19.5 Å².